The molecule has 0 radical (unpaired) electrons. The number of benzene rings is 1. The van der Waals surface area contributed by atoms with Crippen molar-refractivity contribution in [3.05, 3.63) is 52.8 Å². The number of carbonyl (C=O) groups is 1. The fraction of sp³-hybridized carbons (Fsp3) is 0.450. The van der Waals surface area contributed by atoms with Gasteiger partial charge in [-0.3, -0.25) is 4.79 Å². The van der Waals surface area contributed by atoms with Crippen LogP contribution in [0.2, 0.25) is 5.02 Å². The summed E-state index contributed by atoms with van der Waals surface area (Å²) >= 11 is 6.13. The maximum atomic E-state index is 12.4. The standard InChI is InChI=1S/C20H25ClN4O3/c1-15(16-6-3-2-4-7-16)28-11-5-8-22-19(26)18-17(21)14-23-20(24-18)25-9-12-27-13-10-25/h2-4,6-7,14-15H,5,8-13H2,1H3,(H,22,26)/t15-/m1/s1. The number of anilines is 1. The minimum atomic E-state index is -0.307. The molecule has 8 heteroatoms. The zero-order valence-electron chi connectivity index (χ0n) is 15.9. The van der Waals surface area contributed by atoms with Gasteiger partial charge in [-0.05, 0) is 18.9 Å². The molecule has 1 N–H and O–H groups in total. The summed E-state index contributed by atoms with van der Waals surface area (Å²) in [5.74, 6) is 0.191. The number of rotatable bonds is 8. The average molecular weight is 405 g/mol. The normalized spacial score (nSPS) is 15.3. The molecule has 1 aliphatic heterocycles. The predicted molar refractivity (Wildman–Crippen MR) is 108 cm³/mol. The summed E-state index contributed by atoms with van der Waals surface area (Å²) in [6, 6.07) is 10.0. The van der Waals surface area contributed by atoms with E-state index in [4.69, 9.17) is 21.1 Å². The van der Waals surface area contributed by atoms with Crippen LogP contribution in [0.5, 0.6) is 0 Å². The maximum absolute atomic E-state index is 12.4. The Labute approximate surface area is 170 Å². The Morgan fingerprint density at radius 2 is 2.07 bits per heavy atom. The van der Waals surface area contributed by atoms with Crippen LogP contribution in [-0.2, 0) is 9.47 Å². The Bertz CT molecular complexity index is 769. The van der Waals surface area contributed by atoms with Gasteiger partial charge in [-0.1, -0.05) is 41.9 Å². The van der Waals surface area contributed by atoms with E-state index in [2.05, 4.69) is 15.3 Å². The molecule has 1 fully saturated rings. The summed E-state index contributed by atoms with van der Waals surface area (Å²) in [7, 11) is 0. The fourth-order valence-electron chi connectivity index (χ4n) is 2.87. The van der Waals surface area contributed by atoms with Crippen LogP contribution in [0.15, 0.2) is 36.5 Å². The lowest BCUT2D eigenvalue weighted by molar-refractivity contribution is 0.0634. The van der Waals surface area contributed by atoms with Gasteiger partial charge in [0, 0.05) is 26.2 Å². The van der Waals surface area contributed by atoms with Crippen molar-refractivity contribution in [2.45, 2.75) is 19.4 Å². The second-order valence-electron chi connectivity index (χ2n) is 6.50. The Hall–Kier alpha value is -2.22. The van der Waals surface area contributed by atoms with Crippen LogP contribution in [0.3, 0.4) is 0 Å². The molecule has 0 aliphatic carbocycles. The predicted octanol–water partition coefficient (Wildman–Crippen LogP) is 2.86. The minimum absolute atomic E-state index is 0.0179. The number of ether oxygens (including phenoxy) is 2. The van der Waals surface area contributed by atoms with E-state index in [-0.39, 0.29) is 22.7 Å². The van der Waals surface area contributed by atoms with Gasteiger partial charge < -0.3 is 19.7 Å². The third-order valence-electron chi connectivity index (χ3n) is 4.48. The van der Waals surface area contributed by atoms with E-state index < -0.39 is 0 Å². The molecule has 1 atom stereocenters. The quantitative estimate of drug-likeness (QED) is 0.682. The van der Waals surface area contributed by atoms with Gasteiger partial charge in [0.05, 0.1) is 30.5 Å². The first-order valence-corrected chi connectivity index (χ1v) is 9.83. The van der Waals surface area contributed by atoms with Crippen molar-refractivity contribution in [1.29, 1.82) is 0 Å². The first-order chi connectivity index (χ1) is 13.6. The van der Waals surface area contributed by atoms with E-state index in [1.54, 1.807) is 0 Å². The van der Waals surface area contributed by atoms with Crippen molar-refractivity contribution in [2.24, 2.45) is 0 Å². The van der Waals surface area contributed by atoms with Gasteiger partial charge in [-0.2, -0.15) is 0 Å². The molecule has 1 aromatic carbocycles. The number of morpholine rings is 1. The second-order valence-corrected chi connectivity index (χ2v) is 6.91. The van der Waals surface area contributed by atoms with E-state index in [9.17, 15) is 4.79 Å². The largest absolute Gasteiger partial charge is 0.378 e. The molecule has 1 aliphatic rings. The molecular weight excluding hydrogens is 380 g/mol. The highest BCUT2D eigenvalue weighted by Crippen LogP contribution is 2.18. The van der Waals surface area contributed by atoms with Crippen molar-refractivity contribution in [3.8, 4) is 0 Å². The number of hydrogen-bond donors (Lipinski definition) is 1. The van der Waals surface area contributed by atoms with Gasteiger partial charge in [0.2, 0.25) is 5.95 Å². The van der Waals surface area contributed by atoms with Gasteiger partial charge >= 0.3 is 0 Å². The number of amides is 1. The van der Waals surface area contributed by atoms with E-state index in [0.717, 1.165) is 5.56 Å². The fourth-order valence-corrected chi connectivity index (χ4v) is 3.05. The number of carbonyl (C=O) groups excluding carboxylic acids is 1. The summed E-state index contributed by atoms with van der Waals surface area (Å²) in [5.41, 5.74) is 1.33. The third kappa shape index (κ3) is 5.64. The Morgan fingerprint density at radius 3 is 2.82 bits per heavy atom. The molecule has 2 aromatic rings. The molecule has 150 valence electrons. The van der Waals surface area contributed by atoms with Crippen molar-refractivity contribution in [1.82, 2.24) is 15.3 Å². The molecule has 1 amide bonds. The molecule has 1 aromatic heterocycles. The zero-order valence-corrected chi connectivity index (χ0v) is 16.7. The smallest absolute Gasteiger partial charge is 0.271 e. The second kappa shape index (κ2) is 10.4. The topological polar surface area (TPSA) is 76.6 Å². The van der Waals surface area contributed by atoms with Crippen molar-refractivity contribution >= 4 is 23.5 Å². The van der Waals surface area contributed by atoms with Crippen LogP contribution in [-0.4, -0.2) is 55.3 Å². The first-order valence-electron chi connectivity index (χ1n) is 9.45. The molecule has 0 unspecified atom stereocenters. The molecule has 2 heterocycles. The lowest BCUT2D eigenvalue weighted by atomic mass is 10.1. The Morgan fingerprint density at radius 1 is 1.32 bits per heavy atom. The summed E-state index contributed by atoms with van der Waals surface area (Å²) in [6.07, 6.45) is 2.19. The van der Waals surface area contributed by atoms with Gasteiger partial charge in [-0.25, -0.2) is 9.97 Å². The molecule has 0 spiro atoms. The number of halogens is 1. The highest BCUT2D eigenvalue weighted by molar-refractivity contribution is 6.33. The molecule has 3 rings (SSSR count). The summed E-state index contributed by atoms with van der Waals surface area (Å²) < 4.78 is 11.1. The minimum Gasteiger partial charge on any atom is -0.378 e. The summed E-state index contributed by atoms with van der Waals surface area (Å²) in [6.45, 7) is 5.67. The molecule has 0 bridgehead atoms. The number of nitrogens with zero attached hydrogens (tertiary/aromatic N) is 3. The van der Waals surface area contributed by atoms with Gasteiger partial charge in [-0.15, -0.1) is 0 Å². The molecule has 7 nitrogen and oxygen atoms in total. The highest BCUT2D eigenvalue weighted by atomic mass is 35.5. The van der Waals surface area contributed by atoms with E-state index in [1.807, 2.05) is 42.2 Å². The average Bonchev–Trinajstić information content (AvgIpc) is 2.74. The summed E-state index contributed by atoms with van der Waals surface area (Å²) in [5, 5.41) is 3.09. The lowest BCUT2D eigenvalue weighted by Crippen LogP contribution is -2.38. The third-order valence-corrected chi connectivity index (χ3v) is 4.76. The van der Waals surface area contributed by atoms with Gasteiger partial charge in [0.15, 0.2) is 5.69 Å². The van der Waals surface area contributed by atoms with E-state index in [1.165, 1.54) is 6.20 Å². The first kappa shape index (κ1) is 20.5. The molecule has 0 saturated carbocycles. The van der Waals surface area contributed by atoms with Crippen LogP contribution in [0, 0.1) is 0 Å². The molecule has 1 saturated heterocycles. The van der Waals surface area contributed by atoms with Crippen LogP contribution in [0.25, 0.3) is 0 Å². The maximum Gasteiger partial charge on any atom is 0.271 e. The number of hydrogen-bond acceptors (Lipinski definition) is 6. The highest BCUT2D eigenvalue weighted by Gasteiger charge is 2.18. The van der Waals surface area contributed by atoms with Crippen molar-refractivity contribution in [2.75, 3.05) is 44.4 Å². The van der Waals surface area contributed by atoms with Crippen molar-refractivity contribution < 1.29 is 14.3 Å². The SMILES string of the molecule is C[C@@H](OCCCNC(=O)c1nc(N2CCOCC2)ncc1Cl)c1ccccc1. The van der Waals surface area contributed by atoms with Crippen LogP contribution in [0.1, 0.15) is 35.5 Å². The zero-order chi connectivity index (χ0) is 19.8. The van der Waals surface area contributed by atoms with E-state index >= 15 is 0 Å². The molecular formula is C20H25ClN4O3. The number of aromatic nitrogens is 2. The Kier molecular flexibility index (Phi) is 7.59. The van der Waals surface area contributed by atoms with Crippen LogP contribution >= 0.6 is 11.6 Å². The van der Waals surface area contributed by atoms with Gasteiger partial charge in [0.25, 0.3) is 5.91 Å². The monoisotopic (exact) mass is 404 g/mol. The lowest BCUT2D eigenvalue weighted by Gasteiger charge is -2.26. The van der Waals surface area contributed by atoms with Crippen LogP contribution in [0.4, 0.5) is 5.95 Å². The Balaban J connectivity index is 1.45. The molecule has 28 heavy (non-hydrogen) atoms. The van der Waals surface area contributed by atoms with Crippen molar-refractivity contribution in [3.63, 3.8) is 0 Å². The van der Waals surface area contributed by atoms with Crippen LogP contribution < -0.4 is 10.2 Å². The summed E-state index contributed by atoms with van der Waals surface area (Å²) in [4.78, 5) is 23.0. The van der Waals surface area contributed by atoms with E-state index in [0.29, 0.717) is 51.8 Å². The number of nitrogens with one attached hydrogen (secondary N) is 1. The van der Waals surface area contributed by atoms with Gasteiger partial charge in [0.1, 0.15) is 0 Å².